The Balaban J connectivity index is 1.95. The average Bonchev–Trinajstić information content (AvgIpc) is 2.57. The van der Waals surface area contributed by atoms with Crippen LogP contribution in [0.3, 0.4) is 0 Å². The molecule has 0 aliphatic carbocycles. The zero-order valence-electron chi connectivity index (χ0n) is 12.3. The van der Waals surface area contributed by atoms with Crippen LogP contribution in [0.4, 0.5) is 5.69 Å². The highest BCUT2D eigenvalue weighted by Gasteiger charge is 2.22. The highest BCUT2D eigenvalue weighted by molar-refractivity contribution is 5.52. The molecule has 0 atom stereocenters. The number of rotatable bonds is 3. The summed E-state index contributed by atoms with van der Waals surface area (Å²) >= 11 is 0. The monoisotopic (exact) mass is 250 g/mol. The van der Waals surface area contributed by atoms with E-state index in [4.69, 9.17) is 0 Å². The van der Waals surface area contributed by atoms with E-state index in [0.29, 0.717) is 12.1 Å². The molecule has 102 valence electrons. The summed E-state index contributed by atoms with van der Waals surface area (Å²) in [6.45, 7) is 11.2. The molecule has 4 nitrogen and oxygen atoms in total. The molecule has 1 aromatic rings. The van der Waals surface area contributed by atoms with E-state index in [1.54, 1.807) is 0 Å². The van der Waals surface area contributed by atoms with E-state index in [-0.39, 0.29) is 0 Å². The fraction of sp³-hybridized carbons (Fsp3) is 0.786. The van der Waals surface area contributed by atoms with E-state index >= 15 is 0 Å². The Bertz CT molecular complexity index is 400. The van der Waals surface area contributed by atoms with E-state index < -0.39 is 0 Å². The summed E-state index contributed by atoms with van der Waals surface area (Å²) in [7, 11) is 2.01. The zero-order chi connectivity index (χ0) is 13.3. The van der Waals surface area contributed by atoms with E-state index in [9.17, 15) is 0 Å². The quantitative estimate of drug-likeness (QED) is 0.893. The van der Waals surface area contributed by atoms with Crippen LogP contribution in [-0.2, 0) is 7.05 Å². The number of likely N-dealkylation sites (tertiary alicyclic amines) is 1. The van der Waals surface area contributed by atoms with E-state index in [2.05, 4.69) is 43.0 Å². The van der Waals surface area contributed by atoms with Crippen LogP contribution in [0.1, 0.15) is 38.1 Å². The second-order valence-corrected chi connectivity index (χ2v) is 5.72. The topological polar surface area (TPSA) is 33.1 Å². The molecule has 1 aliphatic rings. The third-order valence-electron chi connectivity index (χ3n) is 4.12. The molecule has 1 aliphatic heterocycles. The molecule has 2 rings (SSSR count). The molecule has 18 heavy (non-hydrogen) atoms. The average molecular weight is 250 g/mol. The lowest BCUT2D eigenvalue weighted by atomic mass is 10.0. The van der Waals surface area contributed by atoms with Crippen LogP contribution >= 0.6 is 0 Å². The molecule has 0 aromatic carbocycles. The Morgan fingerprint density at radius 2 is 1.83 bits per heavy atom. The summed E-state index contributed by atoms with van der Waals surface area (Å²) in [6, 6.07) is 1.27. The lowest BCUT2D eigenvalue weighted by molar-refractivity contribution is 0.177. The Morgan fingerprint density at radius 3 is 2.28 bits per heavy atom. The zero-order valence-corrected chi connectivity index (χ0v) is 12.3. The molecule has 0 saturated carbocycles. The summed E-state index contributed by atoms with van der Waals surface area (Å²) in [6.07, 6.45) is 2.46. The van der Waals surface area contributed by atoms with Gasteiger partial charge in [0.25, 0.3) is 0 Å². The van der Waals surface area contributed by atoms with Crippen molar-refractivity contribution in [1.82, 2.24) is 14.7 Å². The maximum absolute atomic E-state index is 4.46. The third-order valence-corrected chi connectivity index (χ3v) is 4.12. The largest absolute Gasteiger partial charge is 0.379 e. The van der Waals surface area contributed by atoms with Crippen molar-refractivity contribution in [3.8, 4) is 0 Å². The number of piperidine rings is 1. The number of anilines is 1. The van der Waals surface area contributed by atoms with Crippen molar-refractivity contribution < 1.29 is 0 Å². The second kappa shape index (κ2) is 5.31. The Hall–Kier alpha value is -1.03. The van der Waals surface area contributed by atoms with Crippen molar-refractivity contribution in [2.75, 3.05) is 18.4 Å². The van der Waals surface area contributed by atoms with Gasteiger partial charge in [-0.3, -0.25) is 4.68 Å². The van der Waals surface area contributed by atoms with Crippen LogP contribution in [0, 0.1) is 13.8 Å². The molecule has 1 aromatic heterocycles. The second-order valence-electron chi connectivity index (χ2n) is 5.72. The number of hydrogen-bond donors (Lipinski definition) is 1. The molecule has 0 unspecified atom stereocenters. The predicted molar refractivity (Wildman–Crippen MR) is 76.0 cm³/mol. The van der Waals surface area contributed by atoms with Crippen molar-refractivity contribution >= 4 is 5.69 Å². The molecule has 1 fully saturated rings. The number of aryl methyl sites for hydroxylation is 2. The van der Waals surface area contributed by atoms with Crippen LogP contribution in [0.25, 0.3) is 0 Å². The van der Waals surface area contributed by atoms with Gasteiger partial charge in [-0.1, -0.05) is 0 Å². The first-order valence-electron chi connectivity index (χ1n) is 6.99. The van der Waals surface area contributed by atoms with Gasteiger partial charge in [0, 0.05) is 32.2 Å². The van der Waals surface area contributed by atoms with Gasteiger partial charge < -0.3 is 10.2 Å². The minimum Gasteiger partial charge on any atom is -0.379 e. The maximum Gasteiger partial charge on any atom is 0.0827 e. The number of nitrogens with one attached hydrogen (secondary N) is 1. The summed E-state index contributed by atoms with van der Waals surface area (Å²) in [5.74, 6) is 0. The summed E-state index contributed by atoms with van der Waals surface area (Å²) in [5, 5.41) is 8.15. The van der Waals surface area contributed by atoms with Gasteiger partial charge in [0.1, 0.15) is 0 Å². The van der Waals surface area contributed by atoms with E-state index in [0.717, 1.165) is 5.69 Å². The summed E-state index contributed by atoms with van der Waals surface area (Å²) in [4.78, 5) is 2.56. The van der Waals surface area contributed by atoms with Crippen LogP contribution in [-0.4, -0.2) is 39.9 Å². The van der Waals surface area contributed by atoms with Gasteiger partial charge in [-0.15, -0.1) is 0 Å². The Kier molecular flexibility index (Phi) is 3.95. The van der Waals surface area contributed by atoms with Crippen molar-refractivity contribution in [1.29, 1.82) is 0 Å². The lowest BCUT2D eigenvalue weighted by Crippen LogP contribution is -2.42. The fourth-order valence-corrected chi connectivity index (χ4v) is 2.75. The lowest BCUT2D eigenvalue weighted by Gasteiger charge is -2.35. The number of hydrogen-bond acceptors (Lipinski definition) is 3. The molecule has 2 heterocycles. The predicted octanol–water partition coefficient (Wildman–Crippen LogP) is 2.32. The van der Waals surface area contributed by atoms with Crippen LogP contribution in [0.15, 0.2) is 0 Å². The standard InChI is InChI=1S/C14H26N4/c1-10(2)18-8-6-13(7-9-18)15-14-11(3)16-17(5)12(14)4/h10,13,15H,6-9H2,1-5H3. The highest BCUT2D eigenvalue weighted by atomic mass is 15.3. The van der Waals surface area contributed by atoms with Gasteiger partial charge in [-0.25, -0.2) is 0 Å². The van der Waals surface area contributed by atoms with Crippen molar-refractivity contribution in [3.63, 3.8) is 0 Å². The molecule has 4 heteroatoms. The van der Waals surface area contributed by atoms with Gasteiger partial charge in [-0.05, 0) is 40.5 Å². The van der Waals surface area contributed by atoms with Gasteiger partial charge in [0.2, 0.25) is 0 Å². The van der Waals surface area contributed by atoms with Gasteiger partial charge in [0.05, 0.1) is 17.1 Å². The molecule has 0 bridgehead atoms. The van der Waals surface area contributed by atoms with Crippen LogP contribution in [0.2, 0.25) is 0 Å². The highest BCUT2D eigenvalue weighted by Crippen LogP contribution is 2.23. The van der Waals surface area contributed by atoms with Gasteiger partial charge >= 0.3 is 0 Å². The third kappa shape index (κ3) is 2.69. The van der Waals surface area contributed by atoms with E-state index in [1.165, 1.54) is 37.3 Å². The fourth-order valence-electron chi connectivity index (χ4n) is 2.75. The summed E-state index contributed by atoms with van der Waals surface area (Å²) < 4.78 is 1.96. The Labute approximate surface area is 110 Å². The summed E-state index contributed by atoms with van der Waals surface area (Å²) in [5.41, 5.74) is 3.58. The molecule has 1 N–H and O–H groups in total. The molecule has 0 spiro atoms. The van der Waals surface area contributed by atoms with Crippen molar-refractivity contribution in [2.45, 2.75) is 52.6 Å². The minimum atomic E-state index is 0.599. The van der Waals surface area contributed by atoms with E-state index in [1.807, 2.05) is 11.7 Å². The van der Waals surface area contributed by atoms with Crippen molar-refractivity contribution in [3.05, 3.63) is 11.4 Å². The molecule has 1 saturated heterocycles. The molecule has 0 amide bonds. The van der Waals surface area contributed by atoms with Crippen molar-refractivity contribution in [2.24, 2.45) is 7.05 Å². The van der Waals surface area contributed by atoms with Gasteiger partial charge in [-0.2, -0.15) is 5.10 Å². The number of nitrogens with zero attached hydrogens (tertiary/aromatic N) is 3. The first kappa shape index (κ1) is 13.4. The number of aromatic nitrogens is 2. The normalized spacial score (nSPS) is 18.6. The smallest absolute Gasteiger partial charge is 0.0827 e. The molecular formula is C14H26N4. The Morgan fingerprint density at radius 1 is 1.22 bits per heavy atom. The first-order valence-corrected chi connectivity index (χ1v) is 6.99. The van der Waals surface area contributed by atoms with Crippen LogP contribution in [0.5, 0.6) is 0 Å². The first-order chi connectivity index (χ1) is 8.49. The van der Waals surface area contributed by atoms with Gasteiger partial charge in [0.15, 0.2) is 0 Å². The molecule has 0 radical (unpaired) electrons. The maximum atomic E-state index is 4.46. The minimum absolute atomic E-state index is 0.599. The SMILES string of the molecule is Cc1nn(C)c(C)c1NC1CCN(C(C)C)CC1. The molecular weight excluding hydrogens is 224 g/mol. The van der Waals surface area contributed by atoms with Crippen LogP contribution < -0.4 is 5.32 Å².